The molecule has 0 bridgehead atoms. The van der Waals surface area contributed by atoms with E-state index < -0.39 is 0 Å². The molecule has 4 nitrogen and oxygen atoms in total. The molecule has 4 heteroatoms. The lowest BCUT2D eigenvalue weighted by atomic mass is 10.0. The summed E-state index contributed by atoms with van der Waals surface area (Å²) in [5.41, 5.74) is 6.86. The summed E-state index contributed by atoms with van der Waals surface area (Å²) in [5, 5.41) is 0. The summed E-state index contributed by atoms with van der Waals surface area (Å²) in [4.78, 5) is 0. The van der Waals surface area contributed by atoms with E-state index in [1.54, 1.807) is 14.2 Å². The SMILES string of the molecule is COc1cc(OC)c2c(c1)OCC(N)C2. The van der Waals surface area contributed by atoms with Crippen LogP contribution < -0.4 is 19.9 Å². The minimum atomic E-state index is 0.0415. The first-order chi connectivity index (χ1) is 7.24. The van der Waals surface area contributed by atoms with Gasteiger partial charge in [0.15, 0.2) is 0 Å². The summed E-state index contributed by atoms with van der Waals surface area (Å²) in [6.45, 7) is 0.545. The Morgan fingerprint density at radius 2 is 2.13 bits per heavy atom. The Hall–Kier alpha value is -1.42. The summed E-state index contributed by atoms with van der Waals surface area (Å²) in [5.74, 6) is 2.33. The second-order valence-corrected chi connectivity index (χ2v) is 3.58. The van der Waals surface area contributed by atoms with Crippen LogP contribution >= 0.6 is 0 Å². The van der Waals surface area contributed by atoms with Crippen LogP contribution in [0, 0.1) is 0 Å². The highest BCUT2D eigenvalue weighted by molar-refractivity contribution is 5.51. The predicted molar refractivity (Wildman–Crippen MR) is 56.7 cm³/mol. The number of benzene rings is 1. The molecule has 0 fully saturated rings. The van der Waals surface area contributed by atoms with Crippen molar-refractivity contribution in [3.05, 3.63) is 17.7 Å². The number of hydrogen-bond acceptors (Lipinski definition) is 4. The summed E-state index contributed by atoms with van der Waals surface area (Å²) in [6.07, 6.45) is 0.780. The smallest absolute Gasteiger partial charge is 0.130 e. The molecule has 0 amide bonds. The molecule has 1 atom stereocenters. The fourth-order valence-electron chi connectivity index (χ4n) is 1.74. The molecule has 0 spiro atoms. The van der Waals surface area contributed by atoms with E-state index in [0.717, 1.165) is 29.2 Å². The third-order valence-corrected chi connectivity index (χ3v) is 2.52. The van der Waals surface area contributed by atoms with Crippen LogP contribution in [0.2, 0.25) is 0 Å². The number of rotatable bonds is 2. The number of nitrogens with two attached hydrogens (primary N) is 1. The van der Waals surface area contributed by atoms with Crippen molar-refractivity contribution in [3.63, 3.8) is 0 Å². The van der Waals surface area contributed by atoms with Crippen molar-refractivity contribution in [1.82, 2.24) is 0 Å². The molecule has 15 heavy (non-hydrogen) atoms. The Bertz CT molecular complexity index is 348. The molecule has 1 aromatic rings. The second kappa shape index (κ2) is 3.98. The van der Waals surface area contributed by atoms with Gasteiger partial charge in [0.2, 0.25) is 0 Å². The first kappa shape index (κ1) is 10.1. The van der Waals surface area contributed by atoms with Gasteiger partial charge in [-0.15, -0.1) is 0 Å². The fraction of sp³-hybridized carbons (Fsp3) is 0.455. The summed E-state index contributed by atoms with van der Waals surface area (Å²) < 4.78 is 16.0. The number of fused-ring (bicyclic) bond motifs is 1. The average molecular weight is 209 g/mol. The molecule has 0 aromatic heterocycles. The lowest BCUT2D eigenvalue weighted by Gasteiger charge is -2.24. The topological polar surface area (TPSA) is 53.7 Å². The molecule has 1 aromatic carbocycles. The largest absolute Gasteiger partial charge is 0.496 e. The van der Waals surface area contributed by atoms with E-state index in [1.807, 2.05) is 12.1 Å². The maximum atomic E-state index is 5.83. The number of ether oxygens (including phenoxy) is 3. The first-order valence-corrected chi connectivity index (χ1v) is 4.88. The zero-order valence-corrected chi connectivity index (χ0v) is 8.95. The van der Waals surface area contributed by atoms with Gasteiger partial charge in [-0.25, -0.2) is 0 Å². The molecular formula is C11H15NO3. The van der Waals surface area contributed by atoms with E-state index in [9.17, 15) is 0 Å². The molecule has 82 valence electrons. The monoisotopic (exact) mass is 209 g/mol. The quantitative estimate of drug-likeness (QED) is 0.788. The van der Waals surface area contributed by atoms with E-state index in [1.165, 1.54) is 0 Å². The van der Waals surface area contributed by atoms with Crippen molar-refractivity contribution in [2.24, 2.45) is 5.73 Å². The van der Waals surface area contributed by atoms with Gasteiger partial charge in [-0.3, -0.25) is 0 Å². The Morgan fingerprint density at radius 3 is 2.80 bits per heavy atom. The Morgan fingerprint density at radius 1 is 1.33 bits per heavy atom. The van der Waals surface area contributed by atoms with Gasteiger partial charge in [-0.1, -0.05) is 0 Å². The molecular weight excluding hydrogens is 194 g/mol. The highest BCUT2D eigenvalue weighted by atomic mass is 16.5. The standard InChI is InChI=1S/C11H15NO3/c1-13-8-4-10(14-2)9-3-7(12)6-15-11(9)5-8/h4-5,7H,3,6,12H2,1-2H3. The van der Waals surface area contributed by atoms with Crippen LogP contribution in [0.4, 0.5) is 0 Å². The van der Waals surface area contributed by atoms with Gasteiger partial charge >= 0.3 is 0 Å². The maximum Gasteiger partial charge on any atom is 0.130 e. The highest BCUT2D eigenvalue weighted by Gasteiger charge is 2.21. The summed E-state index contributed by atoms with van der Waals surface area (Å²) >= 11 is 0. The molecule has 0 saturated carbocycles. The van der Waals surface area contributed by atoms with Gasteiger partial charge in [0.25, 0.3) is 0 Å². The molecule has 1 unspecified atom stereocenters. The van der Waals surface area contributed by atoms with E-state index in [4.69, 9.17) is 19.9 Å². The Labute approximate surface area is 88.9 Å². The minimum absolute atomic E-state index is 0.0415. The molecule has 1 heterocycles. The second-order valence-electron chi connectivity index (χ2n) is 3.58. The zero-order chi connectivity index (χ0) is 10.8. The van der Waals surface area contributed by atoms with Crippen LogP contribution in [0.5, 0.6) is 17.2 Å². The normalized spacial score (nSPS) is 19.0. The zero-order valence-electron chi connectivity index (χ0n) is 8.95. The van der Waals surface area contributed by atoms with Crippen LogP contribution in [0.25, 0.3) is 0 Å². The fourth-order valence-corrected chi connectivity index (χ4v) is 1.74. The molecule has 2 N–H and O–H groups in total. The lowest BCUT2D eigenvalue weighted by Crippen LogP contribution is -2.34. The molecule has 1 aliphatic rings. The van der Waals surface area contributed by atoms with Gasteiger partial charge in [-0.2, -0.15) is 0 Å². The Balaban J connectivity index is 2.44. The van der Waals surface area contributed by atoms with Crippen molar-refractivity contribution >= 4 is 0 Å². The van der Waals surface area contributed by atoms with Crippen molar-refractivity contribution in [3.8, 4) is 17.2 Å². The van der Waals surface area contributed by atoms with Crippen molar-refractivity contribution < 1.29 is 14.2 Å². The molecule has 0 aliphatic carbocycles. The first-order valence-electron chi connectivity index (χ1n) is 4.88. The van der Waals surface area contributed by atoms with Crippen molar-refractivity contribution in [1.29, 1.82) is 0 Å². The molecule has 1 aliphatic heterocycles. The number of hydrogen-bond donors (Lipinski definition) is 1. The van der Waals surface area contributed by atoms with Crippen molar-refractivity contribution in [2.45, 2.75) is 12.5 Å². The molecule has 0 saturated heterocycles. The predicted octanol–water partition coefficient (Wildman–Crippen LogP) is 0.966. The minimum Gasteiger partial charge on any atom is -0.496 e. The van der Waals surface area contributed by atoms with Crippen LogP contribution in [0.1, 0.15) is 5.56 Å². The average Bonchev–Trinajstić information content (AvgIpc) is 2.27. The van der Waals surface area contributed by atoms with Crippen LogP contribution in [0.3, 0.4) is 0 Å². The van der Waals surface area contributed by atoms with Gasteiger partial charge in [-0.05, 0) is 6.42 Å². The molecule has 0 radical (unpaired) electrons. The van der Waals surface area contributed by atoms with E-state index >= 15 is 0 Å². The Kier molecular flexibility index (Phi) is 2.68. The maximum absolute atomic E-state index is 5.83. The van der Waals surface area contributed by atoms with E-state index in [0.29, 0.717) is 6.61 Å². The van der Waals surface area contributed by atoms with Gasteiger partial charge in [0.1, 0.15) is 23.9 Å². The van der Waals surface area contributed by atoms with Crippen LogP contribution in [-0.4, -0.2) is 26.9 Å². The third-order valence-electron chi connectivity index (χ3n) is 2.52. The van der Waals surface area contributed by atoms with E-state index in [2.05, 4.69) is 0 Å². The van der Waals surface area contributed by atoms with E-state index in [-0.39, 0.29) is 6.04 Å². The number of methoxy groups -OCH3 is 2. The van der Waals surface area contributed by atoms with Gasteiger partial charge in [0.05, 0.1) is 14.2 Å². The summed E-state index contributed by atoms with van der Waals surface area (Å²) in [7, 11) is 3.25. The van der Waals surface area contributed by atoms with Crippen molar-refractivity contribution in [2.75, 3.05) is 20.8 Å². The summed E-state index contributed by atoms with van der Waals surface area (Å²) in [6, 6.07) is 3.75. The van der Waals surface area contributed by atoms with Gasteiger partial charge in [0, 0.05) is 23.7 Å². The molecule has 2 rings (SSSR count). The third kappa shape index (κ3) is 1.85. The van der Waals surface area contributed by atoms with Crippen LogP contribution in [0.15, 0.2) is 12.1 Å². The highest BCUT2D eigenvalue weighted by Crippen LogP contribution is 2.36. The van der Waals surface area contributed by atoms with Gasteiger partial charge < -0.3 is 19.9 Å². The van der Waals surface area contributed by atoms with Crippen LogP contribution in [-0.2, 0) is 6.42 Å². The lowest BCUT2D eigenvalue weighted by molar-refractivity contribution is 0.256.